The van der Waals surface area contributed by atoms with Crippen molar-refractivity contribution in [2.75, 3.05) is 0 Å². The Hall–Kier alpha value is -1.85. The number of nitrogens with one attached hydrogen (secondary N) is 1. The van der Waals surface area contributed by atoms with Gasteiger partial charge < -0.3 is 11.1 Å². The topological polar surface area (TPSA) is 72.9 Å². The zero-order valence-electron chi connectivity index (χ0n) is 15.0. The minimum Gasteiger partial charge on any atom is -0.349 e. The monoisotopic (exact) mass is 372 g/mol. The smallest absolute Gasteiger partial charge is 0.255 e. The Labute approximate surface area is 158 Å². The Morgan fingerprint density at radius 2 is 1.96 bits per heavy atom. The molecule has 2 atom stereocenters. The van der Waals surface area contributed by atoms with E-state index in [1.165, 1.54) is 6.42 Å². The SMILES string of the molecule is Cn1cc(C(=O)NC2C3CCCC2CC(N)C3)c(-c2ccccc2Cl)n1. The van der Waals surface area contributed by atoms with Crippen molar-refractivity contribution in [3.05, 3.63) is 41.0 Å². The lowest BCUT2D eigenvalue weighted by Crippen LogP contribution is -2.53. The summed E-state index contributed by atoms with van der Waals surface area (Å²) in [5.74, 6) is 0.911. The number of nitrogens with two attached hydrogens (primary N) is 1. The van der Waals surface area contributed by atoms with Gasteiger partial charge in [-0.05, 0) is 43.6 Å². The number of aromatic nitrogens is 2. The van der Waals surface area contributed by atoms with E-state index in [1.54, 1.807) is 10.9 Å². The van der Waals surface area contributed by atoms with Crippen LogP contribution in [0.1, 0.15) is 42.5 Å². The first-order valence-electron chi connectivity index (χ1n) is 9.38. The van der Waals surface area contributed by atoms with Gasteiger partial charge in [0.15, 0.2) is 0 Å². The molecule has 4 rings (SSSR count). The molecule has 1 heterocycles. The molecule has 1 amide bonds. The van der Waals surface area contributed by atoms with Gasteiger partial charge in [0.05, 0.1) is 10.6 Å². The second-order valence-corrected chi connectivity index (χ2v) is 8.13. The molecule has 0 radical (unpaired) electrons. The Balaban J connectivity index is 1.61. The third-order valence-corrected chi connectivity index (χ3v) is 6.21. The molecule has 0 spiro atoms. The van der Waals surface area contributed by atoms with Gasteiger partial charge in [0.2, 0.25) is 0 Å². The minimum atomic E-state index is -0.0645. The van der Waals surface area contributed by atoms with E-state index in [9.17, 15) is 4.79 Å². The molecule has 2 unspecified atom stereocenters. The lowest BCUT2D eigenvalue weighted by molar-refractivity contribution is 0.0756. The summed E-state index contributed by atoms with van der Waals surface area (Å²) in [6.45, 7) is 0. The van der Waals surface area contributed by atoms with Crippen molar-refractivity contribution in [3.8, 4) is 11.3 Å². The number of carbonyl (C=O) groups is 1. The van der Waals surface area contributed by atoms with Gasteiger partial charge in [0.25, 0.3) is 5.91 Å². The van der Waals surface area contributed by atoms with Crippen molar-refractivity contribution >= 4 is 17.5 Å². The molecule has 0 aliphatic heterocycles. The third-order valence-electron chi connectivity index (χ3n) is 5.88. The van der Waals surface area contributed by atoms with E-state index in [0.717, 1.165) is 31.2 Å². The molecule has 138 valence electrons. The van der Waals surface area contributed by atoms with Crippen molar-refractivity contribution in [2.24, 2.45) is 24.6 Å². The maximum atomic E-state index is 13.1. The number of halogens is 1. The van der Waals surface area contributed by atoms with Gasteiger partial charge in [-0.15, -0.1) is 0 Å². The predicted molar refractivity (Wildman–Crippen MR) is 103 cm³/mol. The number of amides is 1. The molecule has 1 aromatic heterocycles. The van der Waals surface area contributed by atoms with Crippen molar-refractivity contribution in [2.45, 2.75) is 44.2 Å². The second kappa shape index (κ2) is 7.05. The van der Waals surface area contributed by atoms with E-state index in [0.29, 0.717) is 28.1 Å². The maximum absolute atomic E-state index is 13.1. The number of hydrogen-bond donors (Lipinski definition) is 2. The van der Waals surface area contributed by atoms with E-state index in [4.69, 9.17) is 17.3 Å². The number of hydrogen-bond acceptors (Lipinski definition) is 3. The molecule has 2 fully saturated rings. The van der Waals surface area contributed by atoms with Gasteiger partial charge in [-0.2, -0.15) is 5.10 Å². The first kappa shape index (κ1) is 17.6. The highest BCUT2D eigenvalue weighted by atomic mass is 35.5. The van der Waals surface area contributed by atoms with Crippen LogP contribution in [-0.4, -0.2) is 27.8 Å². The van der Waals surface area contributed by atoms with E-state index < -0.39 is 0 Å². The van der Waals surface area contributed by atoms with Crippen molar-refractivity contribution in [1.82, 2.24) is 15.1 Å². The number of aryl methyl sites for hydroxylation is 1. The van der Waals surface area contributed by atoms with Crippen molar-refractivity contribution in [1.29, 1.82) is 0 Å². The van der Waals surface area contributed by atoms with Crippen molar-refractivity contribution < 1.29 is 4.79 Å². The molecule has 2 aromatic rings. The van der Waals surface area contributed by atoms with Gasteiger partial charge >= 0.3 is 0 Å². The summed E-state index contributed by atoms with van der Waals surface area (Å²) in [6.07, 6.45) is 7.33. The molecule has 26 heavy (non-hydrogen) atoms. The summed E-state index contributed by atoms with van der Waals surface area (Å²) >= 11 is 6.34. The molecule has 6 heteroatoms. The Bertz CT molecular complexity index is 804. The lowest BCUT2D eigenvalue weighted by Gasteiger charge is -2.45. The normalized spacial score (nSPS) is 28.0. The highest BCUT2D eigenvalue weighted by Crippen LogP contribution is 2.40. The Kier molecular flexibility index (Phi) is 4.76. The molecule has 5 nitrogen and oxygen atoms in total. The van der Waals surface area contributed by atoms with Gasteiger partial charge in [0, 0.05) is 30.9 Å². The van der Waals surface area contributed by atoms with Crippen LogP contribution in [0.25, 0.3) is 11.3 Å². The highest BCUT2D eigenvalue weighted by Gasteiger charge is 2.40. The minimum absolute atomic E-state index is 0.0645. The van der Waals surface area contributed by atoms with Crippen LogP contribution in [0, 0.1) is 11.8 Å². The summed E-state index contributed by atoms with van der Waals surface area (Å²) in [5.41, 5.74) is 8.20. The predicted octanol–water partition coefficient (Wildman–Crippen LogP) is 3.38. The lowest BCUT2D eigenvalue weighted by atomic mass is 9.67. The molecule has 1 aromatic carbocycles. The summed E-state index contributed by atoms with van der Waals surface area (Å²) in [7, 11) is 1.82. The van der Waals surface area contributed by atoms with E-state index in [-0.39, 0.29) is 18.0 Å². The Morgan fingerprint density at radius 1 is 1.27 bits per heavy atom. The zero-order valence-corrected chi connectivity index (χ0v) is 15.7. The zero-order chi connectivity index (χ0) is 18.3. The van der Waals surface area contributed by atoms with Gasteiger partial charge in [0.1, 0.15) is 5.69 Å². The Morgan fingerprint density at radius 3 is 2.65 bits per heavy atom. The number of fused-ring (bicyclic) bond motifs is 2. The molecular weight excluding hydrogens is 348 g/mol. The quantitative estimate of drug-likeness (QED) is 0.867. The number of nitrogens with zero attached hydrogens (tertiary/aromatic N) is 2. The molecule has 3 N–H and O–H groups in total. The first-order chi connectivity index (χ1) is 12.5. The van der Waals surface area contributed by atoms with E-state index in [2.05, 4.69) is 10.4 Å². The third kappa shape index (κ3) is 3.26. The molecule has 2 aliphatic carbocycles. The van der Waals surface area contributed by atoms with Crippen LogP contribution in [0.4, 0.5) is 0 Å². The number of carbonyl (C=O) groups excluding carboxylic acids is 1. The van der Waals surface area contributed by atoms with Gasteiger partial charge in [-0.3, -0.25) is 9.48 Å². The van der Waals surface area contributed by atoms with Crippen molar-refractivity contribution in [3.63, 3.8) is 0 Å². The average Bonchev–Trinajstić information content (AvgIpc) is 2.98. The summed E-state index contributed by atoms with van der Waals surface area (Å²) < 4.78 is 1.67. The molecular formula is C20H25ClN4O. The fourth-order valence-corrected chi connectivity index (χ4v) is 4.99. The number of benzene rings is 1. The van der Waals surface area contributed by atoms with Crippen LogP contribution in [0.3, 0.4) is 0 Å². The van der Waals surface area contributed by atoms with Crippen LogP contribution >= 0.6 is 11.6 Å². The van der Waals surface area contributed by atoms with Crippen LogP contribution in [0.5, 0.6) is 0 Å². The van der Waals surface area contributed by atoms with E-state index >= 15 is 0 Å². The maximum Gasteiger partial charge on any atom is 0.255 e. The standard InChI is InChI=1S/C20H25ClN4O/c1-25-11-16(19(24-25)15-7-2-3-8-17(15)21)20(26)23-18-12-5-4-6-13(18)10-14(22)9-12/h2-3,7-8,11-14,18H,4-6,9-10,22H2,1H3,(H,23,26). The summed E-state index contributed by atoms with van der Waals surface area (Å²) in [4.78, 5) is 13.1. The summed E-state index contributed by atoms with van der Waals surface area (Å²) in [5, 5.41) is 8.40. The highest BCUT2D eigenvalue weighted by molar-refractivity contribution is 6.33. The van der Waals surface area contributed by atoms with Gasteiger partial charge in [-0.1, -0.05) is 36.2 Å². The largest absolute Gasteiger partial charge is 0.349 e. The fraction of sp³-hybridized carbons (Fsp3) is 0.500. The van der Waals surface area contributed by atoms with Crippen LogP contribution in [0.15, 0.2) is 30.5 Å². The average molecular weight is 373 g/mol. The number of rotatable bonds is 3. The first-order valence-corrected chi connectivity index (χ1v) is 9.75. The molecule has 2 saturated carbocycles. The van der Waals surface area contributed by atoms with E-state index in [1.807, 2.05) is 31.3 Å². The van der Waals surface area contributed by atoms with Crippen LogP contribution in [-0.2, 0) is 7.05 Å². The molecule has 2 bridgehead atoms. The van der Waals surface area contributed by atoms with Crippen LogP contribution in [0.2, 0.25) is 5.02 Å². The van der Waals surface area contributed by atoms with Gasteiger partial charge in [-0.25, -0.2) is 0 Å². The molecule has 2 aliphatic rings. The second-order valence-electron chi connectivity index (χ2n) is 7.73. The molecule has 0 saturated heterocycles. The fourth-order valence-electron chi connectivity index (χ4n) is 4.76. The van der Waals surface area contributed by atoms with Crippen LogP contribution < -0.4 is 11.1 Å². The summed E-state index contributed by atoms with van der Waals surface area (Å²) in [6, 6.07) is 7.99.